The van der Waals surface area contributed by atoms with Gasteiger partial charge in [-0.1, -0.05) is 0 Å². The number of halogens is 2. The second kappa shape index (κ2) is 5.23. The largest absolute Gasteiger partial charge is 0.342 e. The molecule has 0 saturated heterocycles. The van der Waals surface area contributed by atoms with Gasteiger partial charge in [-0.2, -0.15) is 0 Å². The van der Waals surface area contributed by atoms with Crippen molar-refractivity contribution in [1.82, 2.24) is 4.90 Å². The molecule has 0 fully saturated rings. The maximum atomic E-state index is 13.8. The number of likely N-dealkylation sites (N-methyl/N-ethyl adjacent to an activating group) is 1. The highest BCUT2D eigenvalue weighted by atomic mass is 19.1. The van der Waals surface area contributed by atoms with Crippen molar-refractivity contribution < 1.29 is 23.2 Å². The standard InChI is InChI=1S/C14H14F2N2O3/c1-7(2)17(3)11(19)6-18-12-9(13(20)14(18)21)4-8(15)5-10(12)16/h4-5,7H,6H2,1-3H3. The maximum absolute atomic E-state index is 13.8. The molecule has 112 valence electrons. The third kappa shape index (κ3) is 2.51. The van der Waals surface area contributed by atoms with Gasteiger partial charge in [-0.15, -0.1) is 0 Å². The summed E-state index contributed by atoms with van der Waals surface area (Å²) in [4.78, 5) is 37.8. The van der Waals surface area contributed by atoms with Gasteiger partial charge in [0.2, 0.25) is 5.91 Å². The Labute approximate surface area is 120 Å². The van der Waals surface area contributed by atoms with Crippen LogP contribution in [0, 0.1) is 11.6 Å². The van der Waals surface area contributed by atoms with Crippen molar-refractivity contribution >= 4 is 23.3 Å². The Morgan fingerprint density at radius 3 is 2.48 bits per heavy atom. The number of hydrogen-bond donors (Lipinski definition) is 0. The van der Waals surface area contributed by atoms with Crippen molar-refractivity contribution in [3.63, 3.8) is 0 Å². The lowest BCUT2D eigenvalue weighted by Crippen LogP contribution is -2.43. The SMILES string of the molecule is CC(C)N(C)C(=O)CN1C(=O)C(=O)c2cc(F)cc(F)c21. The van der Waals surface area contributed by atoms with Crippen LogP contribution < -0.4 is 4.90 Å². The van der Waals surface area contributed by atoms with Crippen LogP contribution in [0.25, 0.3) is 0 Å². The number of carbonyl (C=O) groups is 3. The lowest BCUT2D eigenvalue weighted by atomic mass is 10.1. The molecule has 7 heteroatoms. The van der Waals surface area contributed by atoms with Crippen molar-refractivity contribution in [2.75, 3.05) is 18.5 Å². The number of nitrogens with zero attached hydrogens (tertiary/aromatic N) is 2. The zero-order valence-corrected chi connectivity index (χ0v) is 11.8. The van der Waals surface area contributed by atoms with Gasteiger partial charge in [0.15, 0.2) is 5.82 Å². The van der Waals surface area contributed by atoms with Crippen LogP contribution in [0.5, 0.6) is 0 Å². The lowest BCUT2D eigenvalue weighted by molar-refractivity contribution is -0.131. The summed E-state index contributed by atoms with van der Waals surface area (Å²) in [6, 6.07) is 1.27. The van der Waals surface area contributed by atoms with Gasteiger partial charge in [0.25, 0.3) is 11.7 Å². The van der Waals surface area contributed by atoms with Crippen molar-refractivity contribution in [3.05, 3.63) is 29.3 Å². The second-order valence-electron chi connectivity index (χ2n) is 5.10. The van der Waals surface area contributed by atoms with E-state index in [-0.39, 0.29) is 17.3 Å². The zero-order chi connectivity index (χ0) is 15.9. The quantitative estimate of drug-likeness (QED) is 0.791. The summed E-state index contributed by atoms with van der Waals surface area (Å²) in [5, 5.41) is 0. The third-order valence-electron chi connectivity index (χ3n) is 3.44. The smallest absolute Gasteiger partial charge is 0.300 e. The molecular weight excluding hydrogens is 282 g/mol. The van der Waals surface area contributed by atoms with Crippen molar-refractivity contribution in [3.8, 4) is 0 Å². The van der Waals surface area contributed by atoms with Gasteiger partial charge in [0.1, 0.15) is 12.4 Å². The second-order valence-corrected chi connectivity index (χ2v) is 5.10. The first-order valence-corrected chi connectivity index (χ1v) is 6.35. The Hall–Kier alpha value is -2.31. The molecule has 21 heavy (non-hydrogen) atoms. The highest BCUT2D eigenvalue weighted by Gasteiger charge is 2.40. The molecule has 0 aromatic heterocycles. The summed E-state index contributed by atoms with van der Waals surface area (Å²) in [6.45, 7) is 3.09. The molecule has 5 nitrogen and oxygen atoms in total. The van der Waals surface area contributed by atoms with Crippen LogP contribution >= 0.6 is 0 Å². The number of anilines is 1. The predicted octanol–water partition coefficient (Wildman–Crippen LogP) is 1.36. The van der Waals surface area contributed by atoms with Crippen molar-refractivity contribution in [2.24, 2.45) is 0 Å². The number of hydrogen-bond acceptors (Lipinski definition) is 3. The van der Waals surface area contributed by atoms with Crippen LogP contribution in [0.3, 0.4) is 0 Å². The van der Waals surface area contributed by atoms with E-state index < -0.39 is 35.8 Å². The summed E-state index contributed by atoms with van der Waals surface area (Å²) in [5.41, 5.74) is -0.686. The van der Waals surface area contributed by atoms with E-state index in [1.54, 1.807) is 13.8 Å². The van der Waals surface area contributed by atoms with Crippen LogP contribution in [0.15, 0.2) is 12.1 Å². The summed E-state index contributed by atoms with van der Waals surface area (Å²) >= 11 is 0. The Bertz CT molecular complexity index is 643. The molecule has 0 radical (unpaired) electrons. The average Bonchev–Trinajstić information content (AvgIpc) is 2.63. The first-order chi connectivity index (χ1) is 9.73. The van der Waals surface area contributed by atoms with Gasteiger partial charge >= 0.3 is 0 Å². The van der Waals surface area contributed by atoms with Crippen LogP contribution in [0.2, 0.25) is 0 Å². The molecule has 1 heterocycles. The van der Waals surface area contributed by atoms with Crippen LogP contribution in [0.4, 0.5) is 14.5 Å². The summed E-state index contributed by atoms with van der Waals surface area (Å²) in [5.74, 6) is -4.46. The van der Waals surface area contributed by atoms with Gasteiger partial charge < -0.3 is 4.90 Å². The summed E-state index contributed by atoms with van der Waals surface area (Å²) in [6.07, 6.45) is 0. The van der Waals surface area contributed by atoms with E-state index in [0.29, 0.717) is 6.07 Å². The Balaban J connectivity index is 2.38. The Morgan fingerprint density at radius 2 is 1.90 bits per heavy atom. The molecule has 0 unspecified atom stereocenters. The van der Waals surface area contributed by atoms with Crippen LogP contribution in [0.1, 0.15) is 24.2 Å². The van der Waals surface area contributed by atoms with E-state index in [2.05, 4.69) is 0 Å². The molecule has 0 bridgehead atoms. The van der Waals surface area contributed by atoms with Crippen molar-refractivity contribution in [2.45, 2.75) is 19.9 Å². The molecular formula is C14H14F2N2O3. The van der Waals surface area contributed by atoms with E-state index in [1.807, 2.05) is 0 Å². The van der Waals surface area contributed by atoms with Crippen LogP contribution in [-0.2, 0) is 9.59 Å². The minimum atomic E-state index is -1.04. The van der Waals surface area contributed by atoms with Crippen LogP contribution in [-0.4, -0.2) is 42.1 Å². The van der Waals surface area contributed by atoms with Gasteiger partial charge in [-0.05, 0) is 19.9 Å². The molecule has 2 amide bonds. The Morgan fingerprint density at radius 1 is 1.29 bits per heavy atom. The summed E-state index contributed by atoms with van der Waals surface area (Å²) in [7, 11) is 1.54. The predicted molar refractivity (Wildman–Crippen MR) is 70.9 cm³/mol. The average molecular weight is 296 g/mol. The highest BCUT2D eigenvalue weighted by molar-refractivity contribution is 6.52. The topological polar surface area (TPSA) is 57.7 Å². The molecule has 0 spiro atoms. The number of ketones is 1. The van der Waals surface area contributed by atoms with Crippen molar-refractivity contribution in [1.29, 1.82) is 0 Å². The van der Waals surface area contributed by atoms with E-state index in [1.165, 1.54) is 11.9 Å². The van der Waals surface area contributed by atoms with Gasteiger partial charge in [0.05, 0.1) is 11.3 Å². The first kappa shape index (κ1) is 15.1. The van der Waals surface area contributed by atoms with Gasteiger partial charge in [-0.3, -0.25) is 19.3 Å². The fourth-order valence-corrected chi connectivity index (χ4v) is 2.04. The van der Waals surface area contributed by atoms with E-state index in [0.717, 1.165) is 11.0 Å². The number of benzene rings is 1. The molecule has 1 aliphatic heterocycles. The van der Waals surface area contributed by atoms with Gasteiger partial charge in [-0.25, -0.2) is 8.78 Å². The number of rotatable bonds is 3. The fourth-order valence-electron chi connectivity index (χ4n) is 2.04. The minimum Gasteiger partial charge on any atom is -0.342 e. The maximum Gasteiger partial charge on any atom is 0.300 e. The highest BCUT2D eigenvalue weighted by Crippen LogP contribution is 2.32. The lowest BCUT2D eigenvalue weighted by Gasteiger charge is -2.24. The monoisotopic (exact) mass is 296 g/mol. The zero-order valence-electron chi connectivity index (χ0n) is 11.8. The molecule has 0 atom stereocenters. The minimum absolute atomic E-state index is 0.108. The van der Waals surface area contributed by atoms with E-state index in [4.69, 9.17) is 0 Å². The third-order valence-corrected chi connectivity index (χ3v) is 3.44. The molecule has 1 aromatic rings. The number of fused-ring (bicyclic) bond motifs is 1. The fraction of sp³-hybridized carbons (Fsp3) is 0.357. The van der Waals surface area contributed by atoms with E-state index >= 15 is 0 Å². The molecule has 1 aliphatic rings. The van der Waals surface area contributed by atoms with Gasteiger partial charge in [0, 0.05) is 19.2 Å². The number of carbonyl (C=O) groups excluding carboxylic acids is 3. The Kier molecular flexibility index (Phi) is 3.76. The summed E-state index contributed by atoms with van der Waals surface area (Å²) < 4.78 is 27.0. The molecule has 1 aromatic carbocycles. The molecule has 2 rings (SSSR count). The molecule has 0 saturated carbocycles. The normalized spacial score (nSPS) is 13.9. The molecule has 0 aliphatic carbocycles. The number of amides is 2. The first-order valence-electron chi connectivity index (χ1n) is 6.35. The van der Waals surface area contributed by atoms with E-state index in [9.17, 15) is 23.2 Å². The molecule has 0 N–H and O–H groups in total. The number of Topliss-reactive ketones (excluding diaryl/α,β-unsaturated/α-hetero) is 1.